The molecule has 2 heteroatoms. The molecule has 1 aromatic rings. The maximum atomic E-state index is 3.58. The van der Waals surface area contributed by atoms with Crippen LogP contribution in [0.4, 0.5) is 0 Å². The van der Waals surface area contributed by atoms with Crippen molar-refractivity contribution < 1.29 is 0 Å². The smallest absolute Gasteiger partial charge is 0.0210 e. The Morgan fingerprint density at radius 3 is 2.67 bits per heavy atom. The number of benzene rings is 1. The van der Waals surface area contributed by atoms with Crippen molar-refractivity contribution >= 4 is 22.0 Å². The van der Waals surface area contributed by atoms with Crippen LogP contribution in [-0.4, -0.2) is 13.1 Å². The summed E-state index contributed by atoms with van der Waals surface area (Å²) in [7, 11) is 0. The van der Waals surface area contributed by atoms with Crippen LogP contribution in [0, 0.1) is 12.8 Å². The maximum absolute atomic E-state index is 3.58. The fourth-order valence-corrected chi connectivity index (χ4v) is 2.13. The molecular formula is C16H24BrN. The normalized spacial score (nSPS) is 12.2. The first-order chi connectivity index (χ1) is 8.52. The summed E-state index contributed by atoms with van der Waals surface area (Å²) in [6.07, 6.45) is 3.38. The molecule has 18 heavy (non-hydrogen) atoms. The molecule has 0 saturated heterocycles. The zero-order valence-electron chi connectivity index (χ0n) is 11.9. The van der Waals surface area contributed by atoms with Gasteiger partial charge in [0, 0.05) is 11.0 Å². The zero-order chi connectivity index (χ0) is 13.5. The average molecular weight is 310 g/mol. The van der Waals surface area contributed by atoms with Crippen LogP contribution in [0.1, 0.15) is 38.3 Å². The average Bonchev–Trinajstić information content (AvgIpc) is 2.32. The number of rotatable bonds is 6. The fourth-order valence-electron chi connectivity index (χ4n) is 1.73. The van der Waals surface area contributed by atoms with Gasteiger partial charge in [0.15, 0.2) is 0 Å². The van der Waals surface area contributed by atoms with Gasteiger partial charge >= 0.3 is 0 Å². The summed E-state index contributed by atoms with van der Waals surface area (Å²) in [6.45, 7) is 10.9. The van der Waals surface area contributed by atoms with Crippen molar-refractivity contribution in [2.24, 2.45) is 5.92 Å². The summed E-state index contributed by atoms with van der Waals surface area (Å²) >= 11 is 3.58. The SMILES string of the molecule is CC/C(=C/c1ccc(C)c(Br)c1)CNCC(C)C. The Morgan fingerprint density at radius 1 is 1.39 bits per heavy atom. The first kappa shape index (κ1) is 15.5. The van der Waals surface area contributed by atoms with Gasteiger partial charge in [-0.15, -0.1) is 0 Å². The van der Waals surface area contributed by atoms with E-state index in [1.807, 2.05) is 0 Å². The highest BCUT2D eigenvalue weighted by molar-refractivity contribution is 9.10. The molecule has 0 aromatic heterocycles. The minimum atomic E-state index is 0.705. The first-order valence-corrected chi connectivity index (χ1v) is 7.48. The third-order valence-corrected chi connectivity index (χ3v) is 3.78. The molecule has 0 aliphatic carbocycles. The van der Waals surface area contributed by atoms with Gasteiger partial charge in [0.05, 0.1) is 0 Å². The summed E-state index contributed by atoms with van der Waals surface area (Å²) in [5.41, 5.74) is 4.00. The standard InChI is InChI=1S/C16H24BrN/c1-5-14(11-18-10-12(2)3)8-15-7-6-13(4)16(17)9-15/h6-9,12,18H,5,10-11H2,1-4H3/b14-8-. The minimum Gasteiger partial charge on any atom is -0.313 e. The highest BCUT2D eigenvalue weighted by Crippen LogP contribution is 2.19. The highest BCUT2D eigenvalue weighted by atomic mass is 79.9. The molecule has 0 aliphatic rings. The van der Waals surface area contributed by atoms with Crippen molar-refractivity contribution in [1.82, 2.24) is 5.32 Å². The van der Waals surface area contributed by atoms with Crippen LogP contribution in [0.5, 0.6) is 0 Å². The van der Waals surface area contributed by atoms with Crippen LogP contribution in [0.2, 0.25) is 0 Å². The van der Waals surface area contributed by atoms with Crippen LogP contribution in [0.3, 0.4) is 0 Å². The second kappa shape index (κ2) is 7.75. The van der Waals surface area contributed by atoms with Gasteiger partial charge < -0.3 is 5.32 Å². The molecule has 1 rings (SSSR count). The van der Waals surface area contributed by atoms with Gasteiger partial charge in [-0.05, 0) is 43.0 Å². The molecule has 0 amide bonds. The quantitative estimate of drug-likeness (QED) is 0.796. The molecule has 100 valence electrons. The maximum Gasteiger partial charge on any atom is 0.0210 e. The molecule has 1 aromatic carbocycles. The second-order valence-electron chi connectivity index (χ2n) is 5.19. The molecule has 0 heterocycles. The molecule has 0 saturated carbocycles. The number of halogens is 1. The number of hydrogen-bond acceptors (Lipinski definition) is 1. The highest BCUT2D eigenvalue weighted by Gasteiger charge is 1.99. The van der Waals surface area contributed by atoms with Gasteiger partial charge in [0.1, 0.15) is 0 Å². The molecular weight excluding hydrogens is 286 g/mol. The van der Waals surface area contributed by atoms with Crippen LogP contribution in [0.25, 0.3) is 6.08 Å². The van der Waals surface area contributed by atoms with Crippen molar-refractivity contribution in [2.45, 2.75) is 34.1 Å². The van der Waals surface area contributed by atoms with Crippen molar-refractivity contribution in [3.8, 4) is 0 Å². The number of hydrogen-bond donors (Lipinski definition) is 1. The molecule has 1 N–H and O–H groups in total. The van der Waals surface area contributed by atoms with Gasteiger partial charge in [0.25, 0.3) is 0 Å². The molecule has 0 unspecified atom stereocenters. The third-order valence-electron chi connectivity index (χ3n) is 2.93. The number of aryl methyl sites for hydroxylation is 1. The summed E-state index contributed by atoms with van der Waals surface area (Å²) in [5.74, 6) is 0.705. The molecule has 0 spiro atoms. The molecule has 0 atom stereocenters. The Morgan fingerprint density at radius 2 is 2.11 bits per heavy atom. The van der Waals surface area contributed by atoms with Gasteiger partial charge in [-0.1, -0.05) is 60.5 Å². The molecule has 0 aliphatic heterocycles. The van der Waals surface area contributed by atoms with Crippen LogP contribution in [0.15, 0.2) is 28.2 Å². The topological polar surface area (TPSA) is 12.0 Å². The van der Waals surface area contributed by atoms with E-state index in [1.54, 1.807) is 0 Å². The van der Waals surface area contributed by atoms with E-state index in [2.05, 4.69) is 73.2 Å². The first-order valence-electron chi connectivity index (χ1n) is 6.69. The van der Waals surface area contributed by atoms with E-state index in [-0.39, 0.29) is 0 Å². The lowest BCUT2D eigenvalue weighted by atomic mass is 10.1. The van der Waals surface area contributed by atoms with Crippen molar-refractivity contribution in [3.05, 3.63) is 39.4 Å². The Bertz CT molecular complexity index is 408. The summed E-state index contributed by atoms with van der Waals surface area (Å²) in [4.78, 5) is 0. The molecule has 0 radical (unpaired) electrons. The van der Waals surface area contributed by atoms with Crippen LogP contribution in [-0.2, 0) is 0 Å². The Kier molecular flexibility index (Phi) is 6.66. The second-order valence-corrected chi connectivity index (χ2v) is 6.04. The van der Waals surface area contributed by atoms with Gasteiger partial charge in [-0.2, -0.15) is 0 Å². The molecule has 0 bridgehead atoms. The summed E-state index contributed by atoms with van der Waals surface area (Å²) < 4.78 is 1.18. The van der Waals surface area contributed by atoms with E-state index < -0.39 is 0 Å². The summed E-state index contributed by atoms with van der Waals surface area (Å²) in [5, 5.41) is 3.50. The lowest BCUT2D eigenvalue weighted by Crippen LogP contribution is -2.21. The summed E-state index contributed by atoms with van der Waals surface area (Å²) in [6, 6.07) is 6.52. The Balaban J connectivity index is 2.68. The minimum absolute atomic E-state index is 0.705. The predicted octanol–water partition coefficient (Wildman–Crippen LogP) is 4.80. The van der Waals surface area contributed by atoms with E-state index in [9.17, 15) is 0 Å². The lowest BCUT2D eigenvalue weighted by molar-refractivity contribution is 0.569. The largest absolute Gasteiger partial charge is 0.313 e. The van der Waals surface area contributed by atoms with Crippen LogP contribution >= 0.6 is 15.9 Å². The van der Waals surface area contributed by atoms with Crippen LogP contribution < -0.4 is 5.32 Å². The number of nitrogens with one attached hydrogen (secondary N) is 1. The van der Waals surface area contributed by atoms with Crippen molar-refractivity contribution in [2.75, 3.05) is 13.1 Å². The monoisotopic (exact) mass is 309 g/mol. The fraction of sp³-hybridized carbons (Fsp3) is 0.500. The molecule has 0 fully saturated rings. The molecule has 1 nitrogen and oxygen atoms in total. The van der Waals surface area contributed by atoms with Crippen molar-refractivity contribution in [1.29, 1.82) is 0 Å². The Labute approximate surface area is 120 Å². The third kappa shape index (κ3) is 5.36. The predicted molar refractivity (Wildman–Crippen MR) is 84.9 cm³/mol. The zero-order valence-corrected chi connectivity index (χ0v) is 13.5. The lowest BCUT2D eigenvalue weighted by Gasteiger charge is -2.10. The van der Waals surface area contributed by atoms with Gasteiger partial charge in [-0.25, -0.2) is 0 Å². The van der Waals surface area contributed by atoms with Gasteiger partial charge in [-0.3, -0.25) is 0 Å². The van der Waals surface area contributed by atoms with Crippen molar-refractivity contribution in [3.63, 3.8) is 0 Å². The van der Waals surface area contributed by atoms with E-state index in [0.717, 1.165) is 19.5 Å². The van der Waals surface area contributed by atoms with E-state index in [4.69, 9.17) is 0 Å². The van der Waals surface area contributed by atoms with E-state index in [0.29, 0.717) is 5.92 Å². The van der Waals surface area contributed by atoms with E-state index in [1.165, 1.54) is 21.2 Å². The Hall–Kier alpha value is -0.600. The van der Waals surface area contributed by atoms with E-state index >= 15 is 0 Å². The van der Waals surface area contributed by atoms with Gasteiger partial charge in [0.2, 0.25) is 0 Å².